The lowest BCUT2D eigenvalue weighted by Gasteiger charge is -2.31. The molecule has 4 rings (SSSR count). The van der Waals surface area contributed by atoms with Crippen LogP contribution in [0.3, 0.4) is 0 Å². The Hall–Kier alpha value is -2.98. The second kappa shape index (κ2) is 8.51. The summed E-state index contributed by atoms with van der Waals surface area (Å²) in [5, 5.41) is 5.38. The minimum absolute atomic E-state index is 0.116. The Labute approximate surface area is 185 Å². The Kier molecular flexibility index (Phi) is 5.91. The van der Waals surface area contributed by atoms with Gasteiger partial charge in [0.2, 0.25) is 15.9 Å². The number of hydrogen-bond donors (Lipinski definition) is 2. The number of fused-ring (bicyclic) bond motifs is 1. The molecule has 0 aromatic heterocycles. The predicted molar refractivity (Wildman–Crippen MR) is 117 cm³/mol. The highest BCUT2D eigenvalue weighted by Gasteiger charge is 2.34. The molecule has 1 saturated heterocycles. The van der Waals surface area contributed by atoms with Gasteiger partial charge in [0, 0.05) is 30.8 Å². The number of rotatable bonds is 4. The number of carbonyl (C=O) groups is 2. The number of piperidine rings is 1. The molecule has 0 radical (unpaired) electrons. The van der Waals surface area contributed by atoms with Gasteiger partial charge in [-0.1, -0.05) is 6.07 Å². The van der Waals surface area contributed by atoms with Gasteiger partial charge < -0.3 is 15.4 Å². The van der Waals surface area contributed by atoms with E-state index in [4.69, 9.17) is 4.74 Å². The number of nitrogens with zero attached hydrogens (tertiary/aromatic N) is 1. The third kappa shape index (κ3) is 4.33. The normalized spacial score (nSPS) is 17.3. The molecule has 0 spiro atoms. The number of halogens is 1. The van der Waals surface area contributed by atoms with Crippen LogP contribution in [0.5, 0.6) is 5.75 Å². The summed E-state index contributed by atoms with van der Waals surface area (Å²) in [5.41, 5.74) is 1.81. The van der Waals surface area contributed by atoms with E-state index in [1.54, 1.807) is 32.0 Å². The minimum Gasteiger partial charge on any atom is -0.482 e. The summed E-state index contributed by atoms with van der Waals surface area (Å²) < 4.78 is 46.9. The van der Waals surface area contributed by atoms with Crippen molar-refractivity contribution in [1.82, 2.24) is 4.31 Å². The Morgan fingerprint density at radius 1 is 1.16 bits per heavy atom. The Morgan fingerprint density at radius 2 is 1.88 bits per heavy atom. The van der Waals surface area contributed by atoms with E-state index < -0.39 is 15.8 Å². The number of nitrogens with one attached hydrogen (secondary N) is 2. The molecule has 2 aliphatic rings. The molecule has 32 heavy (non-hydrogen) atoms. The van der Waals surface area contributed by atoms with Gasteiger partial charge in [-0.05, 0) is 56.0 Å². The Balaban J connectivity index is 1.44. The van der Waals surface area contributed by atoms with Crippen molar-refractivity contribution < 1.29 is 27.1 Å². The summed E-state index contributed by atoms with van der Waals surface area (Å²) in [6, 6.07) is 7.52. The van der Waals surface area contributed by atoms with Gasteiger partial charge in [-0.25, -0.2) is 12.8 Å². The highest BCUT2D eigenvalue weighted by molar-refractivity contribution is 7.89. The van der Waals surface area contributed by atoms with Gasteiger partial charge in [0.25, 0.3) is 5.91 Å². The number of amides is 2. The molecule has 2 N–H and O–H groups in total. The van der Waals surface area contributed by atoms with Crippen molar-refractivity contribution in [2.45, 2.75) is 31.6 Å². The van der Waals surface area contributed by atoms with Crippen LogP contribution in [0.2, 0.25) is 0 Å². The fraction of sp³-hybridized carbons (Fsp3) is 0.364. The lowest BCUT2D eigenvalue weighted by Crippen LogP contribution is -2.41. The molecule has 170 valence electrons. The summed E-state index contributed by atoms with van der Waals surface area (Å²) in [6.45, 7) is 3.52. The summed E-state index contributed by atoms with van der Waals surface area (Å²) in [5.74, 6) is -0.990. The zero-order valence-corrected chi connectivity index (χ0v) is 18.6. The number of carbonyl (C=O) groups excluding carboxylic acids is 2. The lowest BCUT2D eigenvalue weighted by atomic mass is 9.97. The standard InChI is InChI=1S/C22H24FN3O5S/c1-13-3-4-16(10-17(13)23)24-22(28)15-5-7-26(8-6-15)32(29,30)20-11-19-18(9-14(20)2)25-21(27)12-31-19/h3-4,9-11,15H,5-8,12H2,1-2H3,(H,24,28)(H,25,27). The van der Waals surface area contributed by atoms with Crippen molar-refractivity contribution in [3.8, 4) is 5.75 Å². The molecule has 1 fully saturated rings. The number of aryl methyl sites for hydroxylation is 2. The van der Waals surface area contributed by atoms with Crippen molar-refractivity contribution >= 4 is 33.2 Å². The van der Waals surface area contributed by atoms with Crippen LogP contribution < -0.4 is 15.4 Å². The average Bonchev–Trinajstić information content (AvgIpc) is 2.75. The molecule has 2 aromatic rings. The van der Waals surface area contributed by atoms with Crippen LogP contribution in [0.1, 0.15) is 24.0 Å². The van der Waals surface area contributed by atoms with E-state index >= 15 is 0 Å². The number of hydrogen-bond acceptors (Lipinski definition) is 5. The van der Waals surface area contributed by atoms with Gasteiger partial charge in [-0.3, -0.25) is 9.59 Å². The fourth-order valence-electron chi connectivity index (χ4n) is 3.91. The van der Waals surface area contributed by atoms with Crippen molar-refractivity contribution in [1.29, 1.82) is 0 Å². The third-order valence-corrected chi connectivity index (χ3v) is 7.83. The number of benzene rings is 2. The van der Waals surface area contributed by atoms with Crippen LogP contribution in [0.25, 0.3) is 0 Å². The molecule has 0 unspecified atom stereocenters. The van der Waals surface area contributed by atoms with Crippen LogP contribution in [-0.2, 0) is 19.6 Å². The molecule has 0 aliphatic carbocycles. The molecule has 2 heterocycles. The molecule has 2 aromatic carbocycles. The van der Waals surface area contributed by atoms with E-state index in [0.717, 1.165) is 0 Å². The molecule has 2 aliphatic heterocycles. The van der Waals surface area contributed by atoms with Crippen molar-refractivity contribution in [2.75, 3.05) is 30.3 Å². The topological polar surface area (TPSA) is 105 Å². The van der Waals surface area contributed by atoms with E-state index in [2.05, 4.69) is 10.6 Å². The quantitative estimate of drug-likeness (QED) is 0.729. The van der Waals surface area contributed by atoms with Crippen LogP contribution in [0.4, 0.5) is 15.8 Å². The van der Waals surface area contributed by atoms with Gasteiger partial charge in [0.15, 0.2) is 6.61 Å². The fourth-order valence-corrected chi connectivity index (χ4v) is 5.60. The highest BCUT2D eigenvalue weighted by atomic mass is 32.2. The van der Waals surface area contributed by atoms with Gasteiger partial charge in [0.1, 0.15) is 11.6 Å². The van der Waals surface area contributed by atoms with Crippen LogP contribution >= 0.6 is 0 Å². The number of anilines is 2. The van der Waals surface area contributed by atoms with E-state index in [9.17, 15) is 22.4 Å². The maximum absolute atomic E-state index is 13.7. The van der Waals surface area contributed by atoms with Gasteiger partial charge in [-0.2, -0.15) is 4.31 Å². The smallest absolute Gasteiger partial charge is 0.262 e. The summed E-state index contributed by atoms with van der Waals surface area (Å²) >= 11 is 0. The molecular formula is C22H24FN3O5S. The maximum Gasteiger partial charge on any atom is 0.262 e. The molecule has 0 saturated carbocycles. The molecule has 10 heteroatoms. The van der Waals surface area contributed by atoms with Gasteiger partial charge in [-0.15, -0.1) is 0 Å². The first-order chi connectivity index (χ1) is 15.1. The zero-order valence-electron chi connectivity index (χ0n) is 17.8. The minimum atomic E-state index is -3.80. The van der Waals surface area contributed by atoms with Crippen LogP contribution in [0.15, 0.2) is 35.2 Å². The second-order valence-electron chi connectivity index (χ2n) is 8.08. The number of ether oxygens (including phenoxy) is 1. The zero-order chi connectivity index (χ0) is 23.0. The lowest BCUT2D eigenvalue weighted by molar-refractivity contribution is -0.121. The third-order valence-electron chi connectivity index (χ3n) is 5.79. The van der Waals surface area contributed by atoms with E-state index in [1.807, 2.05) is 0 Å². The summed E-state index contributed by atoms with van der Waals surface area (Å²) in [7, 11) is -3.80. The molecule has 0 bridgehead atoms. The first-order valence-corrected chi connectivity index (χ1v) is 11.7. The number of sulfonamides is 1. The van der Waals surface area contributed by atoms with Crippen LogP contribution in [0, 0.1) is 25.6 Å². The van der Waals surface area contributed by atoms with Gasteiger partial charge >= 0.3 is 0 Å². The second-order valence-corrected chi connectivity index (χ2v) is 9.99. The molecular weight excluding hydrogens is 437 g/mol. The molecule has 8 nitrogen and oxygen atoms in total. The largest absolute Gasteiger partial charge is 0.482 e. The predicted octanol–water partition coefficient (Wildman–Crippen LogP) is 2.81. The van der Waals surface area contributed by atoms with E-state index in [0.29, 0.717) is 41.1 Å². The maximum atomic E-state index is 13.7. The van der Waals surface area contributed by atoms with Crippen LogP contribution in [-0.4, -0.2) is 44.2 Å². The first kappa shape index (κ1) is 22.2. The van der Waals surface area contributed by atoms with Crippen molar-refractivity contribution in [3.63, 3.8) is 0 Å². The summed E-state index contributed by atoms with van der Waals surface area (Å²) in [6.07, 6.45) is 0.714. The van der Waals surface area contributed by atoms with Gasteiger partial charge in [0.05, 0.1) is 10.6 Å². The Morgan fingerprint density at radius 3 is 2.56 bits per heavy atom. The monoisotopic (exact) mass is 461 g/mol. The SMILES string of the molecule is Cc1ccc(NC(=O)C2CCN(S(=O)(=O)c3cc4c(cc3C)NC(=O)CO4)CC2)cc1F. The Bertz CT molecular complexity index is 1190. The molecule has 0 atom stereocenters. The van der Waals surface area contributed by atoms with E-state index in [1.165, 1.54) is 16.4 Å². The molecule has 2 amide bonds. The highest BCUT2D eigenvalue weighted by Crippen LogP contribution is 2.35. The van der Waals surface area contributed by atoms with E-state index in [-0.39, 0.29) is 42.3 Å². The van der Waals surface area contributed by atoms with Crippen molar-refractivity contribution in [3.05, 3.63) is 47.3 Å². The summed E-state index contributed by atoms with van der Waals surface area (Å²) in [4.78, 5) is 24.2. The van der Waals surface area contributed by atoms with Crippen molar-refractivity contribution in [2.24, 2.45) is 5.92 Å². The first-order valence-electron chi connectivity index (χ1n) is 10.3. The average molecular weight is 462 g/mol.